The molecule has 7 nitrogen and oxygen atoms in total. The number of methoxy groups -OCH3 is 2. The second-order valence-electron chi connectivity index (χ2n) is 6.97. The molecule has 0 fully saturated rings. The Morgan fingerprint density at radius 3 is 2.16 bits per heavy atom. The van der Waals surface area contributed by atoms with Crippen LogP contribution in [0.4, 0.5) is 11.4 Å². The summed E-state index contributed by atoms with van der Waals surface area (Å²) in [5, 5.41) is 2.78. The van der Waals surface area contributed by atoms with Gasteiger partial charge in [0.25, 0.3) is 15.9 Å². The van der Waals surface area contributed by atoms with Crippen molar-refractivity contribution in [2.75, 3.05) is 24.3 Å². The van der Waals surface area contributed by atoms with Gasteiger partial charge < -0.3 is 14.8 Å². The normalized spacial score (nSPS) is 11.0. The van der Waals surface area contributed by atoms with Crippen molar-refractivity contribution in [3.05, 3.63) is 77.4 Å². The first-order valence-electron chi connectivity index (χ1n) is 9.47. The molecule has 3 rings (SSSR count). The Balaban J connectivity index is 1.83. The fraction of sp³-hybridized carbons (Fsp3) is 0.174. The van der Waals surface area contributed by atoms with E-state index in [4.69, 9.17) is 9.47 Å². The smallest absolute Gasteiger partial charge is 0.261 e. The molecule has 0 bridgehead atoms. The molecule has 0 saturated heterocycles. The highest BCUT2D eigenvalue weighted by molar-refractivity contribution is 7.92. The van der Waals surface area contributed by atoms with Gasteiger partial charge in [-0.25, -0.2) is 8.42 Å². The number of amides is 1. The van der Waals surface area contributed by atoms with Gasteiger partial charge in [0, 0.05) is 17.3 Å². The number of rotatable bonds is 7. The SMILES string of the molecule is COc1ccc(NC(=O)c2ccc(C)c(NS(=O)(=O)c3ccc(C)cc3)c2)cc1OC. The maximum absolute atomic E-state index is 12.7. The number of carbonyl (C=O) groups excluding carboxylic acids is 1. The molecule has 31 heavy (non-hydrogen) atoms. The first-order chi connectivity index (χ1) is 14.7. The van der Waals surface area contributed by atoms with Crippen LogP contribution in [-0.4, -0.2) is 28.5 Å². The van der Waals surface area contributed by atoms with Gasteiger partial charge in [-0.1, -0.05) is 23.8 Å². The molecule has 0 unspecified atom stereocenters. The number of ether oxygens (including phenoxy) is 2. The van der Waals surface area contributed by atoms with Crippen LogP contribution in [-0.2, 0) is 10.0 Å². The summed E-state index contributed by atoms with van der Waals surface area (Å²) in [6, 6.07) is 16.4. The van der Waals surface area contributed by atoms with Crippen molar-refractivity contribution in [2.45, 2.75) is 18.7 Å². The van der Waals surface area contributed by atoms with Crippen LogP contribution in [0.5, 0.6) is 11.5 Å². The summed E-state index contributed by atoms with van der Waals surface area (Å²) in [5.41, 5.74) is 2.81. The number of sulfonamides is 1. The fourth-order valence-corrected chi connectivity index (χ4v) is 4.03. The van der Waals surface area contributed by atoms with Gasteiger partial charge in [-0.2, -0.15) is 0 Å². The van der Waals surface area contributed by atoms with E-state index in [1.807, 2.05) is 6.92 Å². The van der Waals surface area contributed by atoms with E-state index in [9.17, 15) is 13.2 Å². The third kappa shape index (κ3) is 5.16. The number of benzene rings is 3. The molecule has 8 heteroatoms. The lowest BCUT2D eigenvalue weighted by molar-refractivity contribution is 0.102. The molecule has 1 amide bonds. The second kappa shape index (κ2) is 9.09. The highest BCUT2D eigenvalue weighted by Crippen LogP contribution is 2.30. The lowest BCUT2D eigenvalue weighted by Gasteiger charge is -2.13. The zero-order valence-electron chi connectivity index (χ0n) is 17.7. The number of nitrogens with one attached hydrogen (secondary N) is 2. The average Bonchev–Trinajstić information content (AvgIpc) is 2.75. The molecule has 2 N–H and O–H groups in total. The topological polar surface area (TPSA) is 93.7 Å². The van der Waals surface area contributed by atoms with E-state index in [2.05, 4.69) is 10.0 Å². The summed E-state index contributed by atoms with van der Waals surface area (Å²) in [5.74, 6) is 0.641. The highest BCUT2D eigenvalue weighted by atomic mass is 32.2. The molecule has 3 aromatic carbocycles. The van der Waals surface area contributed by atoms with Crippen LogP contribution in [0.15, 0.2) is 65.6 Å². The van der Waals surface area contributed by atoms with Gasteiger partial charge in [0.1, 0.15) is 0 Å². The number of anilines is 2. The molecule has 3 aromatic rings. The standard InChI is InChI=1S/C23H24N2O5S/c1-15-5-10-19(11-6-15)31(27,28)25-20-13-17(8-7-16(20)2)23(26)24-18-9-12-21(29-3)22(14-18)30-4/h5-14,25H,1-4H3,(H,24,26). The number of aryl methyl sites for hydroxylation is 2. The van der Waals surface area contributed by atoms with Gasteiger partial charge in [-0.15, -0.1) is 0 Å². The molecule has 0 saturated carbocycles. The molecule has 0 heterocycles. The van der Waals surface area contributed by atoms with Crippen molar-refractivity contribution in [1.82, 2.24) is 0 Å². The number of carbonyl (C=O) groups is 1. The summed E-state index contributed by atoms with van der Waals surface area (Å²) in [6.07, 6.45) is 0. The van der Waals surface area contributed by atoms with E-state index in [1.54, 1.807) is 61.5 Å². The minimum atomic E-state index is -3.78. The van der Waals surface area contributed by atoms with Crippen LogP contribution in [0.25, 0.3) is 0 Å². The Kier molecular flexibility index (Phi) is 6.50. The second-order valence-corrected chi connectivity index (χ2v) is 8.65. The van der Waals surface area contributed by atoms with Gasteiger partial charge >= 0.3 is 0 Å². The average molecular weight is 441 g/mol. The first kappa shape index (κ1) is 22.2. The summed E-state index contributed by atoms with van der Waals surface area (Å²) in [7, 11) is -0.744. The Morgan fingerprint density at radius 2 is 1.52 bits per heavy atom. The van der Waals surface area contributed by atoms with Crippen molar-refractivity contribution in [3.63, 3.8) is 0 Å². The van der Waals surface area contributed by atoms with Crippen molar-refractivity contribution in [1.29, 1.82) is 0 Å². The monoisotopic (exact) mass is 440 g/mol. The molecule has 0 spiro atoms. The predicted molar refractivity (Wildman–Crippen MR) is 121 cm³/mol. The van der Waals surface area contributed by atoms with Gasteiger partial charge in [0.15, 0.2) is 11.5 Å². The molecule has 0 aliphatic rings. The third-order valence-electron chi connectivity index (χ3n) is 4.72. The molecule has 162 valence electrons. The molecular weight excluding hydrogens is 416 g/mol. The summed E-state index contributed by atoms with van der Waals surface area (Å²) in [6.45, 7) is 3.65. The Hall–Kier alpha value is -3.52. The molecule has 0 atom stereocenters. The lowest BCUT2D eigenvalue weighted by Crippen LogP contribution is -2.16. The maximum Gasteiger partial charge on any atom is 0.261 e. The summed E-state index contributed by atoms with van der Waals surface area (Å²) >= 11 is 0. The van der Waals surface area contributed by atoms with E-state index in [0.29, 0.717) is 34.0 Å². The molecule has 0 aromatic heterocycles. The van der Waals surface area contributed by atoms with Crippen LogP contribution in [0.2, 0.25) is 0 Å². The summed E-state index contributed by atoms with van der Waals surface area (Å²) in [4.78, 5) is 12.9. The van der Waals surface area contributed by atoms with Gasteiger partial charge in [0.05, 0.1) is 24.8 Å². The third-order valence-corrected chi connectivity index (χ3v) is 6.10. The van der Waals surface area contributed by atoms with Crippen molar-refractivity contribution < 1.29 is 22.7 Å². The van der Waals surface area contributed by atoms with Crippen LogP contribution in [0, 0.1) is 13.8 Å². The number of hydrogen-bond donors (Lipinski definition) is 2. The van der Waals surface area contributed by atoms with Gasteiger partial charge in [0.2, 0.25) is 0 Å². The van der Waals surface area contributed by atoms with Crippen molar-refractivity contribution in [2.24, 2.45) is 0 Å². The number of hydrogen-bond acceptors (Lipinski definition) is 5. The zero-order valence-corrected chi connectivity index (χ0v) is 18.5. The van der Waals surface area contributed by atoms with Gasteiger partial charge in [-0.3, -0.25) is 9.52 Å². The minimum Gasteiger partial charge on any atom is -0.493 e. The molecule has 0 radical (unpaired) electrons. The molecular formula is C23H24N2O5S. The van der Waals surface area contributed by atoms with Crippen LogP contribution >= 0.6 is 0 Å². The van der Waals surface area contributed by atoms with E-state index in [1.165, 1.54) is 20.3 Å². The van der Waals surface area contributed by atoms with Crippen LogP contribution in [0.1, 0.15) is 21.5 Å². The molecule has 0 aliphatic carbocycles. The van der Waals surface area contributed by atoms with Crippen LogP contribution in [0.3, 0.4) is 0 Å². The fourth-order valence-electron chi connectivity index (χ4n) is 2.91. The molecule has 0 aliphatic heterocycles. The highest BCUT2D eigenvalue weighted by Gasteiger charge is 2.17. The van der Waals surface area contributed by atoms with E-state index >= 15 is 0 Å². The Morgan fingerprint density at radius 1 is 0.839 bits per heavy atom. The predicted octanol–water partition coefficient (Wildman–Crippen LogP) is 4.37. The Labute approximate surface area is 182 Å². The van der Waals surface area contributed by atoms with E-state index in [-0.39, 0.29) is 10.8 Å². The Bertz CT molecular complexity index is 1210. The largest absolute Gasteiger partial charge is 0.493 e. The van der Waals surface area contributed by atoms with Crippen LogP contribution < -0.4 is 19.5 Å². The zero-order chi connectivity index (χ0) is 22.6. The minimum absolute atomic E-state index is 0.151. The first-order valence-corrected chi connectivity index (χ1v) is 11.0. The van der Waals surface area contributed by atoms with Crippen molar-refractivity contribution in [3.8, 4) is 11.5 Å². The maximum atomic E-state index is 12.7. The van der Waals surface area contributed by atoms with Gasteiger partial charge in [-0.05, 0) is 55.8 Å². The van der Waals surface area contributed by atoms with Crippen molar-refractivity contribution >= 4 is 27.3 Å². The quantitative estimate of drug-likeness (QED) is 0.569. The van der Waals surface area contributed by atoms with E-state index in [0.717, 1.165) is 5.56 Å². The summed E-state index contributed by atoms with van der Waals surface area (Å²) < 4.78 is 38.5. The van der Waals surface area contributed by atoms with E-state index < -0.39 is 10.0 Å². The lowest BCUT2D eigenvalue weighted by atomic mass is 10.1.